The van der Waals surface area contributed by atoms with Crippen LogP contribution in [0.15, 0.2) is 36.0 Å². The van der Waals surface area contributed by atoms with Crippen LogP contribution >= 0.6 is 0 Å². The van der Waals surface area contributed by atoms with Gasteiger partial charge in [0.05, 0.1) is 0 Å². The highest BCUT2D eigenvalue weighted by atomic mass is 17.2. The minimum Gasteiger partial charge on any atom is -0.462 e. The van der Waals surface area contributed by atoms with Crippen molar-refractivity contribution in [3.8, 4) is 0 Å². The van der Waals surface area contributed by atoms with Gasteiger partial charge in [-0.05, 0) is 78.9 Å². The number of rotatable bonds is 5. The van der Waals surface area contributed by atoms with Crippen molar-refractivity contribution < 1.29 is 19.3 Å². The minimum atomic E-state index is -0.548. The zero-order valence-electron chi connectivity index (χ0n) is 22.2. The summed E-state index contributed by atoms with van der Waals surface area (Å²) in [5.41, 5.74) is 0.489. The molecule has 0 amide bonds. The van der Waals surface area contributed by atoms with Crippen LogP contribution in [-0.4, -0.2) is 23.3 Å². The van der Waals surface area contributed by atoms with E-state index in [4.69, 9.17) is 14.5 Å². The third-order valence-electron chi connectivity index (χ3n) is 10.8. The SMILES string of the molecule is CC(=O)O[C@@H]1CC[C@]2(C)C3=CC[C@]4(C)[C@@H]([C@H](C)/C=C/[C@H](C)C(C)C)CC[C@H]4[C@@]34C=C[C@]2(C1)OO4. The fourth-order valence-electron chi connectivity index (χ4n) is 8.33. The van der Waals surface area contributed by atoms with Gasteiger partial charge in [0, 0.05) is 24.7 Å². The summed E-state index contributed by atoms with van der Waals surface area (Å²) in [5, 5.41) is 0. The Balaban J connectivity index is 1.45. The predicted octanol–water partition coefficient (Wildman–Crippen LogP) is 6.96. The first kappa shape index (κ1) is 24.3. The van der Waals surface area contributed by atoms with E-state index in [0.29, 0.717) is 36.0 Å². The monoisotopic (exact) mass is 468 g/mol. The summed E-state index contributed by atoms with van der Waals surface area (Å²) in [6.45, 7) is 15.7. The number of ether oxygens (including phenoxy) is 1. The van der Waals surface area contributed by atoms with E-state index in [0.717, 1.165) is 19.3 Å². The van der Waals surface area contributed by atoms with Crippen LogP contribution in [0, 0.1) is 40.4 Å². The lowest BCUT2D eigenvalue weighted by atomic mass is 9.46. The summed E-state index contributed by atoms with van der Waals surface area (Å²) in [5.74, 6) is 2.67. The number of carbonyl (C=O) groups is 1. The van der Waals surface area contributed by atoms with Gasteiger partial charge in [-0.1, -0.05) is 59.8 Å². The molecule has 4 heteroatoms. The molecule has 6 aliphatic rings. The van der Waals surface area contributed by atoms with E-state index in [1.54, 1.807) is 0 Å². The van der Waals surface area contributed by atoms with Crippen molar-refractivity contribution in [1.82, 2.24) is 0 Å². The molecule has 188 valence electrons. The molecule has 0 aromatic heterocycles. The number of carbonyl (C=O) groups excluding carboxylic acids is 1. The van der Waals surface area contributed by atoms with Gasteiger partial charge in [0.25, 0.3) is 0 Å². The number of allylic oxidation sites excluding steroid dienone is 3. The van der Waals surface area contributed by atoms with Gasteiger partial charge in [0.2, 0.25) is 0 Å². The Morgan fingerprint density at radius 2 is 1.85 bits per heavy atom. The Hall–Kier alpha value is -1.39. The first-order valence-electron chi connectivity index (χ1n) is 13.6. The molecule has 6 rings (SSSR count). The molecular formula is C30H44O4. The first-order chi connectivity index (χ1) is 16.0. The third-order valence-corrected chi connectivity index (χ3v) is 10.8. The molecule has 0 N–H and O–H groups in total. The summed E-state index contributed by atoms with van der Waals surface area (Å²) in [6, 6.07) is 0. The van der Waals surface area contributed by atoms with Crippen LogP contribution in [-0.2, 0) is 19.3 Å². The molecule has 1 saturated heterocycles. The third kappa shape index (κ3) is 3.27. The Bertz CT molecular complexity index is 932. The maximum atomic E-state index is 11.6. The molecule has 2 aliphatic heterocycles. The van der Waals surface area contributed by atoms with Crippen LogP contribution in [0.1, 0.15) is 87.0 Å². The zero-order valence-corrected chi connectivity index (χ0v) is 22.2. The molecule has 0 radical (unpaired) electrons. The Morgan fingerprint density at radius 3 is 2.50 bits per heavy atom. The molecule has 2 spiro atoms. The topological polar surface area (TPSA) is 44.8 Å². The summed E-state index contributed by atoms with van der Waals surface area (Å²) < 4.78 is 5.61. The van der Waals surface area contributed by atoms with E-state index in [2.05, 4.69) is 71.9 Å². The lowest BCUT2D eigenvalue weighted by Gasteiger charge is -2.66. The normalized spacial score (nSPS) is 46.6. The average molecular weight is 469 g/mol. The maximum absolute atomic E-state index is 11.6. The van der Waals surface area contributed by atoms with Crippen molar-refractivity contribution in [3.63, 3.8) is 0 Å². The van der Waals surface area contributed by atoms with Gasteiger partial charge >= 0.3 is 5.97 Å². The van der Waals surface area contributed by atoms with Crippen molar-refractivity contribution in [2.75, 3.05) is 0 Å². The van der Waals surface area contributed by atoms with Gasteiger partial charge in [-0.15, -0.1) is 0 Å². The van der Waals surface area contributed by atoms with Crippen LogP contribution in [0.2, 0.25) is 0 Å². The van der Waals surface area contributed by atoms with Gasteiger partial charge in [0.15, 0.2) is 0 Å². The Morgan fingerprint density at radius 1 is 1.09 bits per heavy atom. The van der Waals surface area contributed by atoms with Gasteiger partial charge < -0.3 is 4.74 Å². The average Bonchev–Trinajstić information content (AvgIpc) is 3.14. The summed E-state index contributed by atoms with van der Waals surface area (Å²) >= 11 is 0. The van der Waals surface area contributed by atoms with E-state index in [9.17, 15) is 4.79 Å². The highest BCUT2D eigenvalue weighted by molar-refractivity contribution is 5.66. The van der Waals surface area contributed by atoms with Crippen LogP contribution in [0.25, 0.3) is 0 Å². The van der Waals surface area contributed by atoms with Crippen molar-refractivity contribution in [1.29, 1.82) is 0 Å². The molecule has 0 aromatic rings. The molecule has 34 heavy (non-hydrogen) atoms. The molecule has 2 heterocycles. The maximum Gasteiger partial charge on any atom is 0.302 e. The van der Waals surface area contributed by atoms with E-state index in [1.165, 1.54) is 25.3 Å². The second-order valence-corrected chi connectivity index (χ2v) is 12.9. The quantitative estimate of drug-likeness (QED) is 0.248. The number of fused-ring (bicyclic) bond motifs is 2. The van der Waals surface area contributed by atoms with Crippen molar-refractivity contribution in [2.24, 2.45) is 40.4 Å². The van der Waals surface area contributed by atoms with Gasteiger partial charge in [-0.25, -0.2) is 9.78 Å². The zero-order chi connectivity index (χ0) is 24.5. The van der Waals surface area contributed by atoms with Crippen LogP contribution in [0.5, 0.6) is 0 Å². The second-order valence-electron chi connectivity index (χ2n) is 12.9. The lowest BCUT2D eigenvalue weighted by molar-refractivity contribution is -0.455. The first-order valence-corrected chi connectivity index (χ1v) is 13.6. The number of esters is 1. The summed E-state index contributed by atoms with van der Waals surface area (Å²) in [7, 11) is 0. The molecule has 2 saturated carbocycles. The Labute approximate surface area is 206 Å². The van der Waals surface area contributed by atoms with Gasteiger partial charge in [0.1, 0.15) is 17.3 Å². The standard InChI is InChI=1S/C30H44O4/c1-19(2)20(3)8-9-21(4)24-10-11-25-27(24,6)14-13-26-28(7)15-12-23(32-22(5)31)18-29(28)16-17-30(25,26)34-33-29/h8-9,13,16-17,19-21,23-25H,10-12,14-15,18H2,1-7H3/b9-8+/t20-,21+,23+,24+,25+,27+,28+,29+,30-/m0/s1. The van der Waals surface area contributed by atoms with Crippen LogP contribution < -0.4 is 0 Å². The number of hydrogen-bond donors (Lipinski definition) is 0. The molecule has 3 fully saturated rings. The smallest absolute Gasteiger partial charge is 0.302 e. The number of hydrogen-bond acceptors (Lipinski definition) is 4. The molecular weight excluding hydrogens is 424 g/mol. The van der Waals surface area contributed by atoms with Crippen LogP contribution in [0.3, 0.4) is 0 Å². The predicted molar refractivity (Wildman–Crippen MR) is 134 cm³/mol. The summed E-state index contributed by atoms with van der Waals surface area (Å²) in [6.07, 6.45) is 17.9. The van der Waals surface area contributed by atoms with E-state index in [-0.39, 0.29) is 22.9 Å². The molecule has 9 atom stereocenters. The molecule has 2 bridgehead atoms. The fraction of sp³-hybridized carbons (Fsp3) is 0.767. The highest BCUT2D eigenvalue weighted by Gasteiger charge is 2.72. The molecule has 0 unspecified atom stereocenters. The fourth-order valence-corrected chi connectivity index (χ4v) is 8.33. The van der Waals surface area contributed by atoms with Crippen molar-refractivity contribution in [2.45, 2.75) is 104 Å². The molecule has 0 aromatic carbocycles. The minimum absolute atomic E-state index is 0.115. The van der Waals surface area contributed by atoms with E-state index < -0.39 is 11.2 Å². The van der Waals surface area contributed by atoms with Crippen LogP contribution in [0.4, 0.5) is 0 Å². The Kier molecular flexibility index (Phi) is 5.76. The second kappa shape index (κ2) is 8.06. The van der Waals surface area contributed by atoms with E-state index >= 15 is 0 Å². The van der Waals surface area contributed by atoms with Crippen molar-refractivity contribution >= 4 is 5.97 Å². The largest absolute Gasteiger partial charge is 0.462 e. The van der Waals surface area contributed by atoms with Gasteiger partial charge in [-0.3, -0.25) is 4.79 Å². The van der Waals surface area contributed by atoms with Crippen molar-refractivity contribution in [3.05, 3.63) is 36.0 Å². The lowest BCUT2D eigenvalue weighted by Crippen LogP contribution is -2.69. The highest BCUT2D eigenvalue weighted by Crippen LogP contribution is 2.71. The van der Waals surface area contributed by atoms with Gasteiger partial charge in [-0.2, -0.15) is 0 Å². The molecule has 4 nitrogen and oxygen atoms in total. The summed E-state index contributed by atoms with van der Waals surface area (Å²) in [4.78, 5) is 24.5. The molecule has 4 aliphatic carbocycles. The van der Waals surface area contributed by atoms with E-state index in [1.807, 2.05) is 0 Å².